The highest BCUT2D eigenvalue weighted by Crippen LogP contribution is 2.50. The predicted molar refractivity (Wildman–Crippen MR) is 134 cm³/mol. The smallest absolute Gasteiger partial charge is 0.420 e. The van der Waals surface area contributed by atoms with Gasteiger partial charge in [0.15, 0.2) is 0 Å². The molecule has 8 nitrogen and oxygen atoms in total. The third-order valence-corrected chi connectivity index (χ3v) is 6.97. The van der Waals surface area contributed by atoms with E-state index in [9.17, 15) is 22.8 Å². The number of benzene rings is 2. The van der Waals surface area contributed by atoms with Gasteiger partial charge in [0.05, 0.1) is 12.5 Å². The molecule has 1 aliphatic heterocycles. The Bertz CT molecular complexity index is 1490. The number of hydrogen-bond donors (Lipinski definition) is 2. The Morgan fingerprint density at radius 1 is 1.10 bits per heavy atom. The second-order valence-corrected chi connectivity index (χ2v) is 9.45. The van der Waals surface area contributed by atoms with Gasteiger partial charge in [-0.25, -0.2) is 14.8 Å². The van der Waals surface area contributed by atoms with Crippen molar-refractivity contribution in [1.82, 2.24) is 14.9 Å². The molecule has 11 heteroatoms. The first-order valence-corrected chi connectivity index (χ1v) is 12.1. The summed E-state index contributed by atoms with van der Waals surface area (Å²) in [5.74, 6) is 4.95. The Hall–Kier alpha value is -4.59. The lowest BCUT2D eigenvalue weighted by molar-refractivity contribution is -0.143. The Labute approximate surface area is 221 Å². The molecule has 5 rings (SSSR count). The maximum Gasteiger partial charge on any atom is 0.420 e. The van der Waals surface area contributed by atoms with Crippen molar-refractivity contribution < 1.29 is 32.6 Å². The van der Waals surface area contributed by atoms with Crippen molar-refractivity contribution in [2.24, 2.45) is 0 Å². The molecule has 1 aromatic heterocycles. The van der Waals surface area contributed by atoms with E-state index in [1.54, 1.807) is 36.4 Å². The summed E-state index contributed by atoms with van der Waals surface area (Å²) >= 11 is 0. The molecule has 0 radical (unpaired) electrons. The van der Waals surface area contributed by atoms with Gasteiger partial charge >= 0.3 is 18.2 Å². The van der Waals surface area contributed by atoms with Crippen molar-refractivity contribution in [2.45, 2.75) is 30.4 Å². The number of anilines is 2. The minimum Gasteiger partial charge on any atom is -0.468 e. The minimum atomic E-state index is -4.72. The summed E-state index contributed by atoms with van der Waals surface area (Å²) in [6.07, 6.45) is -3.84. The summed E-state index contributed by atoms with van der Waals surface area (Å²) in [5, 5.41) is 11.9. The van der Waals surface area contributed by atoms with E-state index < -0.39 is 34.9 Å². The molecule has 39 heavy (non-hydrogen) atoms. The SMILES string of the molecule is COC(=O)C1(c2ccccc2C#Cc2nc(Nc3ccc(C4CN(C(=O)O)C4)cc3)ncc2C(F)(F)F)CC1. The monoisotopic (exact) mass is 536 g/mol. The van der Waals surface area contributed by atoms with E-state index in [0.717, 1.165) is 5.56 Å². The zero-order valence-corrected chi connectivity index (χ0v) is 20.7. The maximum absolute atomic E-state index is 13.7. The van der Waals surface area contributed by atoms with E-state index in [-0.39, 0.29) is 11.9 Å². The topological polar surface area (TPSA) is 105 Å². The third kappa shape index (κ3) is 5.23. The van der Waals surface area contributed by atoms with Crippen LogP contribution < -0.4 is 5.32 Å². The second-order valence-electron chi connectivity index (χ2n) is 9.45. The van der Waals surface area contributed by atoms with Crippen molar-refractivity contribution in [3.63, 3.8) is 0 Å². The quantitative estimate of drug-likeness (QED) is 0.352. The Balaban J connectivity index is 1.40. The Morgan fingerprint density at radius 2 is 1.79 bits per heavy atom. The lowest BCUT2D eigenvalue weighted by Crippen LogP contribution is -2.47. The van der Waals surface area contributed by atoms with E-state index in [1.807, 2.05) is 12.1 Å². The molecule has 1 aliphatic carbocycles. The number of nitrogens with one attached hydrogen (secondary N) is 1. The molecule has 0 atom stereocenters. The molecule has 2 N–H and O–H groups in total. The van der Waals surface area contributed by atoms with Gasteiger partial charge in [-0.3, -0.25) is 4.79 Å². The molecule has 1 amide bonds. The summed E-state index contributed by atoms with van der Waals surface area (Å²) < 4.78 is 46.1. The molecule has 0 spiro atoms. The molecule has 2 fully saturated rings. The number of ether oxygens (including phenoxy) is 1. The lowest BCUT2D eigenvalue weighted by Gasteiger charge is -2.37. The average Bonchev–Trinajstić information content (AvgIpc) is 3.68. The molecule has 1 saturated carbocycles. The first-order valence-electron chi connectivity index (χ1n) is 12.1. The van der Waals surface area contributed by atoms with Crippen molar-refractivity contribution in [1.29, 1.82) is 0 Å². The highest BCUT2D eigenvalue weighted by molar-refractivity contribution is 5.87. The van der Waals surface area contributed by atoms with Crippen LogP contribution in [0.15, 0.2) is 54.7 Å². The summed E-state index contributed by atoms with van der Waals surface area (Å²) in [5.41, 5.74) is 0.136. The molecule has 1 saturated heterocycles. The first-order chi connectivity index (χ1) is 18.6. The van der Waals surface area contributed by atoms with Gasteiger partial charge in [0.2, 0.25) is 5.95 Å². The van der Waals surface area contributed by atoms with Gasteiger partial charge in [0.1, 0.15) is 11.3 Å². The number of likely N-dealkylation sites (tertiary alicyclic amines) is 1. The zero-order chi connectivity index (χ0) is 27.8. The molecular formula is C28H23F3N4O4. The van der Waals surface area contributed by atoms with E-state index >= 15 is 0 Å². The van der Waals surface area contributed by atoms with Crippen molar-refractivity contribution in [2.75, 3.05) is 25.5 Å². The molecular weight excluding hydrogens is 513 g/mol. The summed E-state index contributed by atoms with van der Waals surface area (Å²) in [7, 11) is 1.30. The van der Waals surface area contributed by atoms with Crippen LogP contribution >= 0.6 is 0 Å². The van der Waals surface area contributed by atoms with E-state index in [2.05, 4.69) is 27.1 Å². The highest BCUT2D eigenvalue weighted by Gasteiger charge is 2.53. The van der Waals surface area contributed by atoms with Gasteiger partial charge in [0.25, 0.3) is 0 Å². The van der Waals surface area contributed by atoms with Crippen LogP contribution in [0.2, 0.25) is 0 Å². The van der Waals surface area contributed by atoms with E-state index in [4.69, 9.17) is 9.84 Å². The number of nitrogens with zero attached hydrogens (tertiary/aromatic N) is 3. The first kappa shape index (κ1) is 26.0. The summed E-state index contributed by atoms with van der Waals surface area (Å²) in [4.78, 5) is 32.5. The van der Waals surface area contributed by atoms with Gasteiger partial charge in [-0.2, -0.15) is 13.2 Å². The minimum absolute atomic E-state index is 0.0674. The van der Waals surface area contributed by atoms with Crippen molar-refractivity contribution >= 4 is 23.7 Å². The molecule has 2 heterocycles. The standard InChI is InChI=1S/C28H23F3N4O4/c1-39-24(36)27(12-13-27)21-5-3-2-4-18(21)8-11-23-22(28(29,30)31)14-32-25(34-23)33-20-9-6-17(7-10-20)19-15-35(16-19)26(37)38/h2-7,9-10,14,19H,12-13,15-16H2,1H3,(H,37,38)(H,32,33,34). The largest absolute Gasteiger partial charge is 0.468 e. The van der Waals surface area contributed by atoms with Crippen LogP contribution in [0.3, 0.4) is 0 Å². The van der Waals surface area contributed by atoms with E-state index in [0.29, 0.717) is 48.9 Å². The molecule has 200 valence electrons. The van der Waals surface area contributed by atoms with Crippen LogP contribution in [0.4, 0.5) is 29.6 Å². The number of amides is 1. The number of hydrogen-bond acceptors (Lipinski definition) is 6. The Morgan fingerprint density at radius 3 is 2.41 bits per heavy atom. The lowest BCUT2D eigenvalue weighted by atomic mass is 9.91. The summed E-state index contributed by atoms with van der Waals surface area (Å²) in [6.45, 7) is 0.825. The average molecular weight is 537 g/mol. The number of rotatable bonds is 5. The number of halogens is 3. The van der Waals surface area contributed by atoms with Crippen LogP contribution in [-0.2, 0) is 21.1 Å². The number of carbonyl (C=O) groups is 2. The van der Waals surface area contributed by atoms with Crippen molar-refractivity contribution in [3.8, 4) is 11.8 Å². The normalized spacial score (nSPS) is 15.9. The molecule has 2 aliphatic rings. The van der Waals surface area contributed by atoms with Gasteiger partial charge in [0, 0.05) is 36.5 Å². The number of esters is 1. The van der Waals surface area contributed by atoms with Crippen LogP contribution in [0.25, 0.3) is 0 Å². The van der Waals surface area contributed by atoms with Crippen LogP contribution in [0, 0.1) is 11.8 Å². The Kier molecular flexibility index (Phi) is 6.64. The van der Waals surface area contributed by atoms with Gasteiger partial charge in [-0.05, 0) is 48.1 Å². The highest BCUT2D eigenvalue weighted by atomic mass is 19.4. The van der Waals surface area contributed by atoms with Gasteiger partial charge in [-0.15, -0.1) is 0 Å². The van der Waals surface area contributed by atoms with Crippen LogP contribution in [-0.4, -0.2) is 52.2 Å². The maximum atomic E-state index is 13.7. The number of carbonyl (C=O) groups excluding carboxylic acids is 1. The van der Waals surface area contributed by atoms with Gasteiger partial charge < -0.3 is 20.1 Å². The predicted octanol–water partition coefficient (Wildman–Crippen LogP) is 4.92. The fourth-order valence-electron chi connectivity index (χ4n) is 4.60. The number of carboxylic acid groups (broad SMARTS) is 1. The van der Waals surface area contributed by atoms with Crippen molar-refractivity contribution in [3.05, 3.63) is 82.7 Å². The molecule has 2 aromatic carbocycles. The fraction of sp³-hybridized carbons (Fsp3) is 0.286. The zero-order valence-electron chi connectivity index (χ0n) is 20.7. The molecule has 0 bridgehead atoms. The van der Waals surface area contributed by atoms with Crippen LogP contribution in [0.5, 0.6) is 0 Å². The molecule has 3 aromatic rings. The summed E-state index contributed by atoms with van der Waals surface area (Å²) in [6, 6.07) is 13.9. The van der Waals surface area contributed by atoms with Gasteiger partial charge in [-0.1, -0.05) is 36.3 Å². The fourth-order valence-corrected chi connectivity index (χ4v) is 4.60. The molecule has 0 unspecified atom stereocenters. The van der Waals surface area contributed by atoms with E-state index in [1.165, 1.54) is 12.0 Å². The van der Waals surface area contributed by atoms with Crippen LogP contribution in [0.1, 0.15) is 46.7 Å². The number of alkyl halides is 3. The number of aromatic nitrogens is 2. The third-order valence-electron chi connectivity index (χ3n) is 6.97. The second kappa shape index (κ2) is 9.94. The number of methoxy groups -OCH3 is 1.